The van der Waals surface area contributed by atoms with Crippen molar-refractivity contribution in [3.05, 3.63) is 28.3 Å². The number of fused-ring (bicyclic) bond motifs is 1. The molecule has 98 valence electrons. The van der Waals surface area contributed by atoms with E-state index >= 15 is 0 Å². The van der Waals surface area contributed by atoms with Gasteiger partial charge in [-0.15, -0.1) is 0 Å². The number of aryl methyl sites for hydroxylation is 1. The molecule has 0 aliphatic carbocycles. The fourth-order valence-electron chi connectivity index (χ4n) is 2.25. The van der Waals surface area contributed by atoms with Gasteiger partial charge < -0.3 is 9.55 Å². The molecule has 0 radical (unpaired) electrons. The third-order valence-corrected chi connectivity index (χ3v) is 4.17. The third kappa shape index (κ3) is 2.09. The Bertz CT molecular complexity index is 626. The summed E-state index contributed by atoms with van der Waals surface area (Å²) < 4.78 is 16.3. The van der Waals surface area contributed by atoms with E-state index in [0.717, 1.165) is 17.5 Å². The normalized spacial score (nSPS) is 14.9. The molecule has 0 fully saturated rings. The second-order valence-electron chi connectivity index (χ2n) is 5.04. The highest BCUT2D eigenvalue weighted by Gasteiger charge is 2.17. The summed E-state index contributed by atoms with van der Waals surface area (Å²) in [5.41, 5.74) is 2.42. The molecular weight excluding hydrogens is 247 g/mol. The van der Waals surface area contributed by atoms with Gasteiger partial charge in [0, 0.05) is 6.04 Å². The molecule has 0 aliphatic rings. The molecule has 18 heavy (non-hydrogen) atoms. The first kappa shape index (κ1) is 13.3. The fourth-order valence-corrected chi connectivity index (χ4v) is 2.63. The average Bonchev–Trinajstić information content (AvgIpc) is 2.63. The van der Waals surface area contributed by atoms with E-state index in [9.17, 15) is 4.39 Å². The zero-order valence-corrected chi connectivity index (χ0v) is 12.1. The minimum atomic E-state index is -0.193. The second kappa shape index (κ2) is 4.84. The molecule has 1 heterocycles. The minimum Gasteiger partial charge on any atom is -0.330 e. The van der Waals surface area contributed by atoms with Crippen LogP contribution in [0.4, 0.5) is 4.39 Å². The number of hydrogen-bond acceptors (Lipinski definition) is 1. The molecule has 0 saturated heterocycles. The summed E-state index contributed by atoms with van der Waals surface area (Å²) >= 11 is 5.37. The molecule has 0 bridgehead atoms. The summed E-state index contributed by atoms with van der Waals surface area (Å²) in [6, 6.07) is 3.71. The molecule has 0 spiro atoms. The summed E-state index contributed by atoms with van der Waals surface area (Å²) in [4.78, 5) is 3.09. The van der Waals surface area contributed by atoms with Crippen molar-refractivity contribution in [2.24, 2.45) is 5.92 Å². The monoisotopic (exact) mass is 266 g/mol. The topological polar surface area (TPSA) is 20.7 Å². The molecule has 2 rings (SSSR count). The van der Waals surface area contributed by atoms with Gasteiger partial charge in [-0.2, -0.15) is 0 Å². The van der Waals surface area contributed by atoms with Gasteiger partial charge in [0.15, 0.2) is 4.77 Å². The van der Waals surface area contributed by atoms with Gasteiger partial charge in [0.25, 0.3) is 0 Å². The van der Waals surface area contributed by atoms with Crippen LogP contribution in [-0.2, 0) is 0 Å². The van der Waals surface area contributed by atoms with Gasteiger partial charge in [-0.25, -0.2) is 4.39 Å². The van der Waals surface area contributed by atoms with Gasteiger partial charge in [0.2, 0.25) is 0 Å². The first-order chi connectivity index (χ1) is 8.45. The highest BCUT2D eigenvalue weighted by molar-refractivity contribution is 7.71. The Morgan fingerprint density at radius 2 is 2.06 bits per heavy atom. The van der Waals surface area contributed by atoms with Gasteiger partial charge in [0.1, 0.15) is 5.82 Å². The molecule has 1 aromatic heterocycles. The van der Waals surface area contributed by atoms with E-state index in [-0.39, 0.29) is 5.82 Å². The van der Waals surface area contributed by atoms with E-state index in [1.54, 1.807) is 6.92 Å². The summed E-state index contributed by atoms with van der Waals surface area (Å²) in [5.74, 6) is 0.336. The Balaban J connectivity index is 2.67. The molecular formula is C14H19FN2S. The zero-order chi connectivity index (χ0) is 13.4. The molecule has 4 heteroatoms. The molecule has 2 nitrogen and oxygen atoms in total. The number of rotatable bonds is 3. The number of imidazole rings is 1. The minimum absolute atomic E-state index is 0.193. The summed E-state index contributed by atoms with van der Waals surface area (Å²) in [6.07, 6.45) is 1.09. The Morgan fingerprint density at radius 1 is 1.39 bits per heavy atom. The number of nitrogens with zero attached hydrogens (tertiary/aromatic N) is 1. The largest absolute Gasteiger partial charge is 0.330 e. The van der Waals surface area contributed by atoms with Crippen LogP contribution in [0.15, 0.2) is 12.1 Å². The predicted octanol–water partition coefficient (Wildman–Crippen LogP) is 4.75. The lowest BCUT2D eigenvalue weighted by molar-refractivity contribution is 0.374. The smallest absolute Gasteiger partial charge is 0.178 e. The molecule has 2 atom stereocenters. The first-order valence-corrected chi connectivity index (χ1v) is 6.76. The lowest BCUT2D eigenvalue weighted by atomic mass is 10.0. The standard InChI is InChI=1S/C14H19FN2S/c1-5-8(2)10(4)17-13-6-9(3)11(15)7-12(13)16-14(17)18/h6-8,10H,5H2,1-4H3,(H,16,18). The molecule has 1 aromatic carbocycles. The maximum atomic E-state index is 13.6. The number of halogens is 1. The third-order valence-electron chi connectivity index (χ3n) is 3.87. The Morgan fingerprint density at radius 3 is 2.67 bits per heavy atom. The number of nitrogens with one attached hydrogen (secondary N) is 1. The van der Waals surface area contributed by atoms with Crippen LogP contribution in [-0.4, -0.2) is 9.55 Å². The number of H-pyrrole nitrogens is 1. The van der Waals surface area contributed by atoms with Crippen molar-refractivity contribution in [3.8, 4) is 0 Å². The van der Waals surface area contributed by atoms with Crippen molar-refractivity contribution in [3.63, 3.8) is 0 Å². The zero-order valence-electron chi connectivity index (χ0n) is 11.2. The van der Waals surface area contributed by atoms with E-state index in [1.165, 1.54) is 6.07 Å². The van der Waals surface area contributed by atoms with Gasteiger partial charge >= 0.3 is 0 Å². The van der Waals surface area contributed by atoms with Crippen molar-refractivity contribution >= 4 is 23.3 Å². The summed E-state index contributed by atoms with van der Waals surface area (Å²) in [7, 11) is 0. The molecule has 2 unspecified atom stereocenters. The fraction of sp³-hybridized carbons (Fsp3) is 0.500. The molecule has 0 aliphatic heterocycles. The van der Waals surface area contributed by atoms with Crippen LogP contribution >= 0.6 is 12.2 Å². The molecule has 2 aromatic rings. The first-order valence-electron chi connectivity index (χ1n) is 6.36. The van der Waals surface area contributed by atoms with Gasteiger partial charge in [-0.1, -0.05) is 20.3 Å². The lowest BCUT2D eigenvalue weighted by Gasteiger charge is -2.21. The Labute approximate surface area is 112 Å². The maximum Gasteiger partial charge on any atom is 0.178 e. The Kier molecular flexibility index (Phi) is 3.57. The molecule has 0 amide bonds. The van der Waals surface area contributed by atoms with Crippen LogP contribution in [0.5, 0.6) is 0 Å². The van der Waals surface area contributed by atoms with E-state index in [1.807, 2.05) is 6.07 Å². The average molecular weight is 266 g/mol. The lowest BCUT2D eigenvalue weighted by Crippen LogP contribution is -2.13. The van der Waals surface area contributed by atoms with Crippen LogP contribution < -0.4 is 0 Å². The van der Waals surface area contributed by atoms with Gasteiger partial charge in [-0.3, -0.25) is 0 Å². The SMILES string of the molecule is CCC(C)C(C)n1c(=S)[nH]c2cc(F)c(C)cc21. The maximum absolute atomic E-state index is 13.6. The summed E-state index contributed by atoms with van der Waals surface area (Å²) in [6.45, 7) is 8.32. The van der Waals surface area contributed by atoms with Gasteiger partial charge in [0.05, 0.1) is 11.0 Å². The van der Waals surface area contributed by atoms with Crippen LogP contribution in [0.25, 0.3) is 11.0 Å². The van der Waals surface area contributed by atoms with Crippen LogP contribution in [0.3, 0.4) is 0 Å². The van der Waals surface area contributed by atoms with Crippen LogP contribution in [0, 0.1) is 23.4 Å². The predicted molar refractivity (Wildman–Crippen MR) is 76.0 cm³/mol. The van der Waals surface area contributed by atoms with E-state index in [0.29, 0.717) is 22.3 Å². The van der Waals surface area contributed by atoms with E-state index in [2.05, 4.69) is 30.3 Å². The number of hydrogen-bond donors (Lipinski definition) is 1. The quantitative estimate of drug-likeness (QED) is 0.795. The second-order valence-corrected chi connectivity index (χ2v) is 5.43. The number of benzene rings is 1. The number of aromatic nitrogens is 2. The van der Waals surface area contributed by atoms with Crippen molar-refractivity contribution in [1.82, 2.24) is 9.55 Å². The van der Waals surface area contributed by atoms with Crippen LogP contribution in [0.2, 0.25) is 0 Å². The highest BCUT2D eigenvalue weighted by Crippen LogP contribution is 2.27. The molecule has 0 saturated carbocycles. The van der Waals surface area contributed by atoms with E-state index in [4.69, 9.17) is 12.2 Å². The van der Waals surface area contributed by atoms with Crippen LogP contribution in [0.1, 0.15) is 38.8 Å². The van der Waals surface area contributed by atoms with Crippen molar-refractivity contribution in [2.75, 3.05) is 0 Å². The molecule has 1 N–H and O–H groups in total. The summed E-state index contributed by atoms with van der Waals surface area (Å²) in [5, 5.41) is 0. The van der Waals surface area contributed by atoms with Crippen molar-refractivity contribution in [2.45, 2.75) is 40.2 Å². The van der Waals surface area contributed by atoms with Crippen molar-refractivity contribution in [1.29, 1.82) is 0 Å². The number of aromatic amines is 1. The highest BCUT2D eigenvalue weighted by atomic mass is 32.1. The van der Waals surface area contributed by atoms with E-state index < -0.39 is 0 Å². The van der Waals surface area contributed by atoms with Crippen molar-refractivity contribution < 1.29 is 4.39 Å². The van der Waals surface area contributed by atoms with Gasteiger partial charge in [-0.05, 0) is 49.7 Å². The Hall–Kier alpha value is -1.16.